The van der Waals surface area contributed by atoms with Gasteiger partial charge in [-0.1, -0.05) is 6.07 Å². The van der Waals surface area contributed by atoms with Crippen LogP contribution in [0.25, 0.3) is 0 Å². The van der Waals surface area contributed by atoms with Crippen molar-refractivity contribution in [1.29, 1.82) is 0 Å². The Bertz CT molecular complexity index is 1080. The number of anilines is 1. The van der Waals surface area contributed by atoms with Gasteiger partial charge in [-0.2, -0.15) is 0 Å². The molecule has 160 valence electrons. The van der Waals surface area contributed by atoms with Gasteiger partial charge in [-0.25, -0.2) is 13.2 Å². The van der Waals surface area contributed by atoms with Crippen LogP contribution in [0.3, 0.4) is 0 Å². The van der Waals surface area contributed by atoms with Crippen molar-refractivity contribution in [2.75, 3.05) is 24.6 Å². The predicted molar refractivity (Wildman–Crippen MR) is 107 cm³/mol. The molecule has 0 aliphatic heterocycles. The van der Waals surface area contributed by atoms with Gasteiger partial charge in [0.1, 0.15) is 6.54 Å². The number of esters is 2. The minimum absolute atomic E-state index is 0.111. The number of carbonyl (C=O) groups is 2. The van der Waals surface area contributed by atoms with Crippen molar-refractivity contribution >= 4 is 33.3 Å². The fourth-order valence-corrected chi connectivity index (χ4v) is 4.16. The van der Waals surface area contributed by atoms with Crippen molar-refractivity contribution in [2.45, 2.75) is 18.7 Å². The van der Waals surface area contributed by atoms with Crippen LogP contribution in [-0.2, 0) is 24.3 Å². The van der Waals surface area contributed by atoms with E-state index in [0.29, 0.717) is 5.56 Å². The molecule has 2 rings (SSSR count). The zero-order chi connectivity index (χ0) is 22.5. The van der Waals surface area contributed by atoms with Crippen LogP contribution in [0.1, 0.15) is 22.8 Å². The molecule has 0 radical (unpaired) electrons. The minimum atomic E-state index is -4.37. The molecule has 0 heterocycles. The standard InChI is InChI=1S/C19H20N2O8S/c1-4-29-19(23)14-8-9-17(13(2)10-14)20(12-18(22)28-3)30(26,27)16-7-5-6-15(11-16)21(24)25/h5-11H,4,12H2,1-3H3. The molecule has 0 aliphatic carbocycles. The number of carbonyl (C=O) groups excluding carboxylic acids is 2. The lowest BCUT2D eigenvalue weighted by Crippen LogP contribution is -2.36. The molecule has 0 N–H and O–H groups in total. The van der Waals surface area contributed by atoms with E-state index in [0.717, 1.165) is 23.5 Å². The van der Waals surface area contributed by atoms with Crippen LogP contribution in [0.5, 0.6) is 0 Å². The number of rotatable bonds is 8. The second-order valence-corrected chi connectivity index (χ2v) is 7.93. The van der Waals surface area contributed by atoms with Gasteiger partial charge in [-0.15, -0.1) is 0 Å². The Morgan fingerprint density at radius 2 is 1.87 bits per heavy atom. The molecule has 0 amide bonds. The van der Waals surface area contributed by atoms with Gasteiger partial charge >= 0.3 is 11.9 Å². The van der Waals surface area contributed by atoms with Gasteiger partial charge in [-0.05, 0) is 43.7 Å². The number of sulfonamides is 1. The Labute approximate surface area is 173 Å². The van der Waals surface area contributed by atoms with E-state index in [1.54, 1.807) is 13.8 Å². The van der Waals surface area contributed by atoms with Gasteiger partial charge in [0, 0.05) is 12.1 Å². The lowest BCUT2D eigenvalue weighted by atomic mass is 10.1. The molecule has 0 aromatic heterocycles. The number of nitro groups is 1. The van der Waals surface area contributed by atoms with Crippen molar-refractivity contribution < 1.29 is 32.4 Å². The number of non-ortho nitro benzene ring substituents is 1. The maximum atomic E-state index is 13.2. The van der Waals surface area contributed by atoms with Gasteiger partial charge in [0.05, 0.1) is 34.8 Å². The van der Waals surface area contributed by atoms with E-state index >= 15 is 0 Å². The minimum Gasteiger partial charge on any atom is -0.468 e. The summed E-state index contributed by atoms with van der Waals surface area (Å²) in [5, 5.41) is 11.0. The van der Waals surface area contributed by atoms with Crippen LogP contribution >= 0.6 is 0 Å². The molecule has 0 aliphatic rings. The van der Waals surface area contributed by atoms with E-state index in [9.17, 15) is 28.1 Å². The third kappa shape index (κ3) is 4.92. The number of nitrogens with zero attached hydrogens (tertiary/aromatic N) is 2. The molecular formula is C19H20N2O8S. The van der Waals surface area contributed by atoms with Crippen LogP contribution in [0.2, 0.25) is 0 Å². The number of nitro benzene ring substituents is 1. The zero-order valence-corrected chi connectivity index (χ0v) is 17.3. The highest BCUT2D eigenvalue weighted by Gasteiger charge is 2.30. The van der Waals surface area contributed by atoms with Crippen molar-refractivity contribution in [2.24, 2.45) is 0 Å². The summed E-state index contributed by atoms with van der Waals surface area (Å²) in [5.74, 6) is -1.41. The monoisotopic (exact) mass is 436 g/mol. The summed E-state index contributed by atoms with van der Waals surface area (Å²) in [6, 6.07) is 8.64. The summed E-state index contributed by atoms with van der Waals surface area (Å²) < 4.78 is 36.8. The number of aryl methyl sites for hydroxylation is 1. The SMILES string of the molecule is CCOC(=O)c1ccc(N(CC(=O)OC)S(=O)(=O)c2cccc([N+](=O)[O-])c2)c(C)c1. The summed E-state index contributed by atoms with van der Waals surface area (Å²) in [6.45, 7) is 2.73. The zero-order valence-electron chi connectivity index (χ0n) is 16.5. The van der Waals surface area contributed by atoms with Crippen molar-refractivity contribution in [1.82, 2.24) is 0 Å². The Balaban J connectivity index is 2.58. The number of hydrogen-bond donors (Lipinski definition) is 0. The average molecular weight is 436 g/mol. The lowest BCUT2D eigenvalue weighted by molar-refractivity contribution is -0.385. The Kier molecular flexibility index (Phi) is 7.11. The largest absolute Gasteiger partial charge is 0.468 e. The topological polar surface area (TPSA) is 133 Å². The van der Waals surface area contributed by atoms with Crippen molar-refractivity contribution in [3.05, 3.63) is 63.7 Å². The number of hydrogen-bond acceptors (Lipinski definition) is 8. The van der Waals surface area contributed by atoms with Gasteiger partial charge in [0.25, 0.3) is 15.7 Å². The van der Waals surface area contributed by atoms with Crippen LogP contribution in [0.4, 0.5) is 11.4 Å². The summed E-state index contributed by atoms with van der Waals surface area (Å²) >= 11 is 0. The molecule has 11 heteroatoms. The van der Waals surface area contributed by atoms with Crippen LogP contribution < -0.4 is 4.31 Å². The van der Waals surface area contributed by atoms with Crippen LogP contribution in [-0.4, -0.2) is 45.5 Å². The highest BCUT2D eigenvalue weighted by Crippen LogP contribution is 2.29. The van der Waals surface area contributed by atoms with E-state index in [1.165, 1.54) is 30.3 Å². The molecule has 2 aromatic carbocycles. The Morgan fingerprint density at radius 1 is 1.17 bits per heavy atom. The number of methoxy groups -OCH3 is 1. The fourth-order valence-electron chi connectivity index (χ4n) is 2.64. The molecule has 2 aromatic rings. The first-order valence-electron chi connectivity index (χ1n) is 8.73. The molecule has 0 atom stereocenters. The first kappa shape index (κ1) is 22.8. The van der Waals surface area contributed by atoms with E-state index < -0.39 is 39.1 Å². The third-order valence-electron chi connectivity index (χ3n) is 4.09. The molecule has 0 unspecified atom stereocenters. The van der Waals surface area contributed by atoms with Gasteiger partial charge in [0.2, 0.25) is 0 Å². The van der Waals surface area contributed by atoms with E-state index in [-0.39, 0.29) is 22.8 Å². The molecule has 0 saturated carbocycles. The van der Waals surface area contributed by atoms with E-state index in [4.69, 9.17) is 4.74 Å². The molecule has 30 heavy (non-hydrogen) atoms. The first-order valence-corrected chi connectivity index (χ1v) is 10.2. The highest BCUT2D eigenvalue weighted by atomic mass is 32.2. The molecular weight excluding hydrogens is 416 g/mol. The van der Waals surface area contributed by atoms with Gasteiger partial charge < -0.3 is 9.47 Å². The third-order valence-corrected chi connectivity index (χ3v) is 5.85. The molecule has 0 saturated heterocycles. The normalized spacial score (nSPS) is 10.9. The second-order valence-electron chi connectivity index (χ2n) is 6.06. The summed E-state index contributed by atoms with van der Waals surface area (Å²) in [7, 11) is -3.26. The average Bonchev–Trinajstić information content (AvgIpc) is 2.72. The maximum absolute atomic E-state index is 13.2. The molecule has 0 fully saturated rings. The summed E-state index contributed by atoms with van der Waals surface area (Å²) in [6.07, 6.45) is 0. The van der Waals surface area contributed by atoms with Gasteiger partial charge in [-0.3, -0.25) is 19.2 Å². The highest BCUT2D eigenvalue weighted by molar-refractivity contribution is 7.92. The summed E-state index contributed by atoms with van der Waals surface area (Å²) in [5.41, 5.74) is 0.283. The quantitative estimate of drug-likeness (QED) is 0.350. The lowest BCUT2D eigenvalue weighted by Gasteiger charge is -2.25. The van der Waals surface area contributed by atoms with Crippen molar-refractivity contribution in [3.8, 4) is 0 Å². The number of ether oxygens (including phenoxy) is 2. The van der Waals surface area contributed by atoms with Crippen LogP contribution in [0.15, 0.2) is 47.4 Å². The molecule has 0 bridgehead atoms. The first-order chi connectivity index (χ1) is 14.1. The van der Waals surface area contributed by atoms with Crippen molar-refractivity contribution in [3.63, 3.8) is 0 Å². The van der Waals surface area contributed by atoms with Crippen LogP contribution in [0, 0.1) is 17.0 Å². The Morgan fingerprint density at radius 3 is 2.43 bits per heavy atom. The molecule has 0 spiro atoms. The fraction of sp³-hybridized carbons (Fsp3) is 0.263. The second kappa shape index (κ2) is 9.35. The molecule has 10 nitrogen and oxygen atoms in total. The van der Waals surface area contributed by atoms with E-state index in [2.05, 4.69) is 4.74 Å². The van der Waals surface area contributed by atoms with E-state index in [1.807, 2.05) is 0 Å². The smallest absolute Gasteiger partial charge is 0.338 e. The van der Waals surface area contributed by atoms with Gasteiger partial charge in [0.15, 0.2) is 0 Å². The predicted octanol–water partition coefficient (Wildman–Crippen LogP) is 2.45. The maximum Gasteiger partial charge on any atom is 0.338 e. The number of benzene rings is 2. The Hall–Kier alpha value is -3.47. The summed E-state index contributed by atoms with van der Waals surface area (Å²) in [4.78, 5) is 33.8.